The third kappa shape index (κ3) is 11.4. The molecule has 5 heteroatoms. The van der Waals surface area contributed by atoms with Gasteiger partial charge in [-0.15, -0.1) is 94.5 Å². The van der Waals surface area contributed by atoms with Gasteiger partial charge in [0.2, 0.25) is 0 Å². The first-order chi connectivity index (χ1) is 37.6. The zero-order chi connectivity index (χ0) is 52.7. The zero-order valence-corrected chi connectivity index (χ0v) is 43.7. The van der Waals surface area contributed by atoms with Gasteiger partial charge in [0.25, 0.3) is 0 Å². The molecule has 3 aromatic heterocycles. The number of nitriles is 1. The van der Waals surface area contributed by atoms with Gasteiger partial charge in [0.1, 0.15) is 0 Å². The fourth-order valence-corrected chi connectivity index (χ4v) is 9.72. The van der Waals surface area contributed by atoms with Crippen molar-refractivity contribution in [2.75, 3.05) is 0 Å². The summed E-state index contributed by atoms with van der Waals surface area (Å²) in [5.74, 6) is 0. The van der Waals surface area contributed by atoms with Crippen molar-refractivity contribution in [1.82, 2.24) is 15.0 Å². The molecule has 0 radical (unpaired) electrons. The maximum Gasteiger partial charge on any atom is 3.00 e. The van der Waals surface area contributed by atoms with Gasteiger partial charge in [0.15, 0.2) is 0 Å². The zero-order valence-electron chi connectivity index (χ0n) is 44.3. The topological polar surface area (TPSA) is 62.5 Å². The fourth-order valence-electron chi connectivity index (χ4n) is 9.72. The largest absolute Gasteiger partial charge is 3.00 e. The van der Waals surface area contributed by atoms with Gasteiger partial charge < -0.3 is 15.0 Å². The van der Waals surface area contributed by atoms with E-state index >= 15 is 0 Å². The number of nitrogens with zero attached hydrogens (tertiary/aromatic N) is 4. The van der Waals surface area contributed by atoms with Gasteiger partial charge in [-0.1, -0.05) is 163 Å². The van der Waals surface area contributed by atoms with Crippen LogP contribution in [0.25, 0.3) is 89.4 Å². The molecule has 0 saturated carbocycles. The van der Waals surface area contributed by atoms with E-state index in [1.807, 2.05) is 110 Å². The quantitative estimate of drug-likeness (QED) is 0.102. The number of rotatable bonds is 14. The molecule has 0 fully saturated rings. The van der Waals surface area contributed by atoms with Crippen LogP contribution in [0, 0.1) is 43.3 Å². The first-order valence-electron chi connectivity index (χ1n) is 26.4. The van der Waals surface area contributed by atoms with Crippen molar-refractivity contribution in [2.24, 2.45) is 0 Å². The summed E-state index contributed by atoms with van der Waals surface area (Å²) in [7, 11) is 0. The van der Waals surface area contributed by atoms with Crippen LogP contribution in [-0.4, -0.2) is 15.0 Å². The molecule has 0 spiro atoms. The predicted molar refractivity (Wildman–Crippen MR) is 302 cm³/mol. The van der Waals surface area contributed by atoms with E-state index in [2.05, 4.69) is 149 Å². The Bertz CT molecular complexity index is 3790. The predicted octanol–water partition coefficient (Wildman–Crippen LogP) is 16.7. The van der Waals surface area contributed by atoms with E-state index in [0.29, 0.717) is 16.8 Å². The van der Waals surface area contributed by atoms with Crippen molar-refractivity contribution in [3.05, 3.63) is 282 Å². The second-order valence-electron chi connectivity index (χ2n) is 18.6. The number of hydrogen-bond donors (Lipinski definition) is 0. The number of benzene rings is 8. The van der Waals surface area contributed by atoms with E-state index < -0.39 is 6.85 Å². The number of aryl methyl sites for hydroxylation is 6. The van der Waals surface area contributed by atoms with Crippen molar-refractivity contribution < 1.29 is 24.2 Å². The summed E-state index contributed by atoms with van der Waals surface area (Å²) in [4.78, 5) is 13.9. The molecule has 0 atom stereocenters. The molecule has 0 aliphatic carbocycles. The molecule has 0 amide bonds. The smallest absolute Gasteiger partial charge is 0.305 e. The molecule has 0 saturated heterocycles. The van der Waals surface area contributed by atoms with E-state index in [1.165, 1.54) is 28.5 Å². The molecule has 0 bridgehead atoms. The Morgan fingerprint density at radius 1 is 0.413 bits per heavy atom. The van der Waals surface area contributed by atoms with Crippen molar-refractivity contribution in [3.8, 4) is 95.5 Å². The molecule has 3 heterocycles. The van der Waals surface area contributed by atoms with E-state index in [-0.39, 0.29) is 25.7 Å². The maximum atomic E-state index is 9.46. The van der Waals surface area contributed by atoms with E-state index in [0.717, 1.165) is 109 Å². The Hall–Kier alpha value is -8.65. The van der Waals surface area contributed by atoms with Crippen molar-refractivity contribution >= 4 is 0 Å². The fraction of sp³-hybridized carbons (Fsp3) is 0.0857. The van der Waals surface area contributed by atoms with E-state index in [1.54, 1.807) is 0 Å². The van der Waals surface area contributed by atoms with Crippen molar-refractivity contribution in [3.63, 3.8) is 0 Å². The van der Waals surface area contributed by atoms with Crippen LogP contribution in [0.3, 0.4) is 0 Å². The van der Waals surface area contributed by atoms with Gasteiger partial charge in [0.05, 0.1) is 11.6 Å². The Balaban J connectivity index is 0.00000688. The van der Waals surface area contributed by atoms with Gasteiger partial charge in [-0.2, -0.15) is 5.26 Å². The molecule has 0 aliphatic rings. The second kappa shape index (κ2) is 23.1. The normalized spacial score (nSPS) is 11.7. The van der Waals surface area contributed by atoms with Crippen molar-refractivity contribution in [2.45, 2.75) is 39.5 Å². The molecule has 0 aliphatic heterocycles. The molecule has 0 N–H and O–H groups in total. The van der Waals surface area contributed by atoms with Crippen LogP contribution in [0.5, 0.6) is 0 Å². The SMILES string of the molecule is [2H]C([2H])([2H])c1cnc(-c2[c-]cc(-c3ccccc3-c3cc(CCc4c[c-]c(-c5ccccn5)cc4)cc(CCc4c[c-]c(-c5ccccn5)cc4)c3)c(-c3ccc(-c4ccc(C#N)cc4)cc3)c2)cc1-c1ccccc1C.[Ir+3]. The summed E-state index contributed by atoms with van der Waals surface area (Å²) < 4.78 is 25.4. The Kier molecular flexibility index (Phi) is 14.2. The second-order valence-corrected chi connectivity index (χ2v) is 18.6. The molecule has 75 heavy (non-hydrogen) atoms. The average molecular weight is 1140 g/mol. The van der Waals surface area contributed by atoms with Gasteiger partial charge in [-0.3, -0.25) is 0 Å². The summed E-state index contributed by atoms with van der Waals surface area (Å²) >= 11 is 0. The third-order valence-corrected chi connectivity index (χ3v) is 13.7. The molecule has 11 rings (SSSR count). The monoisotopic (exact) mass is 1140 g/mol. The summed E-state index contributed by atoms with van der Waals surface area (Å²) in [5, 5.41) is 9.46. The van der Waals surface area contributed by atoms with Crippen molar-refractivity contribution in [1.29, 1.82) is 5.26 Å². The van der Waals surface area contributed by atoms with E-state index in [9.17, 15) is 5.26 Å². The minimum atomic E-state index is -2.37. The van der Waals surface area contributed by atoms with Crippen LogP contribution in [-0.2, 0) is 45.8 Å². The van der Waals surface area contributed by atoms with Crippen LogP contribution in [0.1, 0.15) is 43.1 Å². The Morgan fingerprint density at radius 3 is 1.52 bits per heavy atom. The summed E-state index contributed by atoms with van der Waals surface area (Å²) in [6.45, 7) is -0.368. The van der Waals surface area contributed by atoms with Gasteiger partial charge in [-0.25, -0.2) is 0 Å². The van der Waals surface area contributed by atoms with Crippen LogP contribution in [0.2, 0.25) is 0 Å². The van der Waals surface area contributed by atoms with E-state index in [4.69, 9.17) is 9.10 Å². The molecular formula is C70H51IrN4. The molecule has 11 aromatic rings. The van der Waals surface area contributed by atoms with Gasteiger partial charge in [0, 0.05) is 22.7 Å². The standard InChI is InChI=1S/C70H51N4.Ir/c1-48-11-3-4-12-62(48)66-45-70(74-47-49(66)2)60-37-38-65(67(44-60)57-35-33-56(34-36-57)55-27-25-52(46-71)26-28-55)64-14-6-5-13-63(64)61-42-53(19-17-50-21-29-58(30-22-50)68-15-7-9-39-72-68)41-54(43-61)20-18-51-23-31-59(32-24-51)69-16-8-10-40-73-69;/h3-16,21-29,31,33-36,38-45,47H,17-20H2,1-2H3;/q-3;+3/i2D3;. The first kappa shape index (κ1) is 46.2. The van der Waals surface area contributed by atoms with Crippen LogP contribution < -0.4 is 0 Å². The third-order valence-electron chi connectivity index (χ3n) is 13.7. The average Bonchev–Trinajstić information content (AvgIpc) is 3.60. The minimum absolute atomic E-state index is 0. The van der Waals surface area contributed by atoms with Crippen LogP contribution in [0.15, 0.2) is 225 Å². The van der Waals surface area contributed by atoms with Gasteiger partial charge in [-0.05, 0) is 129 Å². The molecule has 8 aromatic carbocycles. The Labute approximate surface area is 458 Å². The summed E-state index contributed by atoms with van der Waals surface area (Å²) in [5.41, 5.74) is 21.6. The number of aromatic nitrogens is 3. The number of pyridine rings is 3. The first-order valence-corrected chi connectivity index (χ1v) is 24.9. The summed E-state index contributed by atoms with van der Waals surface area (Å²) in [6, 6.07) is 83.2. The summed E-state index contributed by atoms with van der Waals surface area (Å²) in [6.07, 6.45) is 8.49. The Morgan fingerprint density at radius 2 is 0.960 bits per heavy atom. The van der Waals surface area contributed by atoms with Crippen LogP contribution in [0.4, 0.5) is 0 Å². The minimum Gasteiger partial charge on any atom is -0.305 e. The molecule has 4 nitrogen and oxygen atoms in total. The molecular weight excluding hydrogens is 1090 g/mol. The number of hydrogen-bond acceptors (Lipinski definition) is 4. The molecule has 360 valence electrons. The molecule has 0 unspecified atom stereocenters. The maximum absolute atomic E-state index is 9.46. The van der Waals surface area contributed by atoms with Gasteiger partial charge >= 0.3 is 20.1 Å². The van der Waals surface area contributed by atoms with Crippen LogP contribution >= 0.6 is 0 Å².